The molecule has 0 aliphatic carbocycles. The van der Waals surface area contributed by atoms with Crippen LogP contribution >= 0.6 is 11.6 Å². The van der Waals surface area contributed by atoms with E-state index in [0.29, 0.717) is 55.3 Å². The summed E-state index contributed by atoms with van der Waals surface area (Å²) in [6.45, 7) is 1.97. The van der Waals surface area contributed by atoms with Crippen LogP contribution in [0.5, 0.6) is 0 Å². The quantitative estimate of drug-likeness (QED) is 0.463. The van der Waals surface area contributed by atoms with Crippen LogP contribution in [0, 0.1) is 11.6 Å². The van der Waals surface area contributed by atoms with E-state index >= 15 is 0 Å². The number of anilines is 1. The van der Waals surface area contributed by atoms with Gasteiger partial charge in [-0.15, -0.1) is 0 Å². The summed E-state index contributed by atoms with van der Waals surface area (Å²) in [5, 5.41) is 0.547. The molecule has 174 valence electrons. The summed E-state index contributed by atoms with van der Waals surface area (Å²) >= 11 is 6.31. The number of ketones is 1. The van der Waals surface area contributed by atoms with E-state index in [4.69, 9.17) is 11.6 Å². The number of hydrogen-bond donors (Lipinski definition) is 0. The molecular formula is C27H23ClF2N2O2. The van der Waals surface area contributed by atoms with Crippen LogP contribution in [-0.4, -0.2) is 42.8 Å². The molecule has 1 saturated heterocycles. The van der Waals surface area contributed by atoms with E-state index in [1.807, 2.05) is 36.4 Å². The van der Waals surface area contributed by atoms with E-state index in [2.05, 4.69) is 4.90 Å². The van der Waals surface area contributed by atoms with Gasteiger partial charge in [-0.25, -0.2) is 8.78 Å². The van der Waals surface area contributed by atoms with Crippen LogP contribution in [0.25, 0.3) is 0 Å². The molecule has 2 aliphatic rings. The molecule has 0 unspecified atom stereocenters. The molecule has 3 aromatic rings. The van der Waals surface area contributed by atoms with Gasteiger partial charge in [0.25, 0.3) is 5.91 Å². The largest absolute Gasteiger partial charge is 0.307 e. The second-order valence-electron chi connectivity index (χ2n) is 9.00. The fourth-order valence-corrected chi connectivity index (χ4v) is 5.32. The first-order valence-electron chi connectivity index (χ1n) is 11.2. The summed E-state index contributed by atoms with van der Waals surface area (Å²) in [7, 11) is 0. The molecule has 2 aliphatic heterocycles. The van der Waals surface area contributed by atoms with Crippen molar-refractivity contribution in [2.75, 3.05) is 31.1 Å². The number of carbonyl (C=O) groups excluding carboxylic acids is 2. The third-order valence-electron chi connectivity index (χ3n) is 6.98. The molecule has 1 spiro atoms. The molecule has 4 nitrogen and oxygen atoms in total. The molecule has 0 N–H and O–H groups in total. The lowest BCUT2D eigenvalue weighted by Gasteiger charge is -2.39. The lowest BCUT2D eigenvalue weighted by Crippen LogP contribution is -2.47. The number of amides is 1. The number of fused-ring (bicyclic) bond motifs is 2. The van der Waals surface area contributed by atoms with Crippen molar-refractivity contribution in [3.63, 3.8) is 0 Å². The Bertz CT molecular complexity index is 1240. The topological polar surface area (TPSA) is 40.6 Å². The van der Waals surface area contributed by atoms with Gasteiger partial charge < -0.3 is 4.90 Å². The van der Waals surface area contributed by atoms with Crippen molar-refractivity contribution in [3.8, 4) is 0 Å². The SMILES string of the molecule is O=C(CN1CCC2(CC1)CN(C(=O)c1c(F)cccc1F)c1ccc(Cl)cc12)c1ccccc1. The molecule has 5 rings (SSSR count). The van der Waals surface area contributed by atoms with Crippen LogP contribution in [0.15, 0.2) is 66.7 Å². The van der Waals surface area contributed by atoms with Gasteiger partial charge in [0.05, 0.1) is 6.54 Å². The van der Waals surface area contributed by atoms with Gasteiger partial charge in [0.1, 0.15) is 17.2 Å². The smallest absolute Gasteiger partial charge is 0.264 e. The Labute approximate surface area is 201 Å². The van der Waals surface area contributed by atoms with E-state index in [0.717, 1.165) is 17.7 Å². The highest BCUT2D eigenvalue weighted by atomic mass is 35.5. The lowest BCUT2D eigenvalue weighted by atomic mass is 9.74. The van der Waals surface area contributed by atoms with E-state index in [-0.39, 0.29) is 11.2 Å². The zero-order chi connectivity index (χ0) is 23.9. The van der Waals surface area contributed by atoms with E-state index in [1.165, 1.54) is 11.0 Å². The van der Waals surface area contributed by atoms with Gasteiger partial charge in [0, 0.05) is 28.2 Å². The van der Waals surface area contributed by atoms with Gasteiger partial charge >= 0.3 is 0 Å². The second-order valence-corrected chi connectivity index (χ2v) is 9.43. The molecule has 0 saturated carbocycles. The maximum atomic E-state index is 14.4. The predicted octanol–water partition coefficient (Wildman–Crippen LogP) is 5.50. The minimum absolute atomic E-state index is 0.0678. The lowest BCUT2D eigenvalue weighted by molar-refractivity contribution is 0.0881. The van der Waals surface area contributed by atoms with Crippen molar-refractivity contribution in [2.45, 2.75) is 18.3 Å². The summed E-state index contributed by atoms with van der Waals surface area (Å²) in [6.07, 6.45) is 1.40. The third kappa shape index (κ3) is 4.01. The monoisotopic (exact) mass is 480 g/mol. The standard InChI is InChI=1S/C27H23ClF2N2O2/c28-19-9-10-23-20(15-19)27(17-32(23)26(34)25-21(29)7-4-8-22(25)30)11-13-31(14-12-27)16-24(33)18-5-2-1-3-6-18/h1-10,15H,11-14,16-17H2. The number of carbonyl (C=O) groups is 2. The Morgan fingerprint density at radius 1 is 0.912 bits per heavy atom. The Kier molecular flexibility index (Phi) is 5.96. The minimum atomic E-state index is -0.879. The van der Waals surface area contributed by atoms with Crippen LogP contribution in [0.2, 0.25) is 5.02 Å². The molecule has 7 heteroatoms. The summed E-state index contributed by atoms with van der Waals surface area (Å²) in [5.41, 5.74) is 1.30. The molecule has 0 bridgehead atoms. The van der Waals surface area contributed by atoms with Crippen LogP contribution in [0.4, 0.5) is 14.5 Å². The van der Waals surface area contributed by atoms with E-state index in [1.54, 1.807) is 12.1 Å². The molecule has 0 atom stereocenters. The molecule has 3 aromatic carbocycles. The Morgan fingerprint density at radius 2 is 1.59 bits per heavy atom. The second kappa shape index (κ2) is 8.93. The van der Waals surface area contributed by atoms with Crippen molar-refractivity contribution < 1.29 is 18.4 Å². The van der Waals surface area contributed by atoms with Crippen molar-refractivity contribution in [1.29, 1.82) is 0 Å². The fraction of sp³-hybridized carbons (Fsp3) is 0.259. The number of rotatable bonds is 4. The number of likely N-dealkylation sites (tertiary alicyclic amines) is 1. The first-order chi connectivity index (χ1) is 16.4. The highest BCUT2D eigenvalue weighted by Crippen LogP contribution is 2.48. The maximum absolute atomic E-state index is 14.4. The zero-order valence-electron chi connectivity index (χ0n) is 18.4. The average molecular weight is 481 g/mol. The molecule has 0 radical (unpaired) electrons. The highest BCUT2D eigenvalue weighted by Gasteiger charge is 2.47. The van der Waals surface area contributed by atoms with E-state index in [9.17, 15) is 18.4 Å². The summed E-state index contributed by atoms with van der Waals surface area (Å²) < 4.78 is 28.8. The molecule has 2 heterocycles. The van der Waals surface area contributed by atoms with Gasteiger partial charge in [-0.2, -0.15) is 0 Å². The Balaban J connectivity index is 1.39. The summed E-state index contributed by atoms with van der Waals surface area (Å²) in [6, 6.07) is 17.9. The van der Waals surface area contributed by atoms with E-state index < -0.39 is 23.1 Å². The van der Waals surface area contributed by atoms with Gasteiger partial charge in [-0.1, -0.05) is 48.0 Å². The van der Waals surface area contributed by atoms with Crippen molar-refractivity contribution in [1.82, 2.24) is 4.90 Å². The van der Waals surface area contributed by atoms with Crippen LogP contribution in [0.1, 0.15) is 39.1 Å². The number of Topliss-reactive ketones (excluding diaryl/α,β-unsaturated/α-hetero) is 1. The predicted molar refractivity (Wildman–Crippen MR) is 128 cm³/mol. The van der Waals surface area contributed by atoms with Gasteiger partial charge in [0.2, 0.25) is 0 Å². The normalized spacial score (nSPS) is 17.1. The van der Waals surface area contributed by atoms with Gasteiger partial charge in [0.15, 0.2) is 5.78 Å². The number of piperidine rings is 1. The van der Waals surface area contributed by atoms with Crippen molar-refractivity contribution in [3.05, 3.63) is 100 Å². The highest BCUT2D eigenvalue weighted by molar-refractivity contribution is 6.30. The zero-order valence-corrected chi connectivity index (χ0v) is 19.2. The average Bonchev–Trinajstić information content (AvgIpc) is 3.14. The fourth-order valence-electron chi connectivity index (χ4n) is 5.14. The number of nitrogens with zero attached hydrogens (tertiary/aromatic N) is 2. The molecule has 0 aromatic heterocycles. The van der Waals surface area contributed by atoms with Gasteiger partial charge in [-0.05, 0) is 61.8 Å². The third-order valence-corrected chi connectivity index (χ3v) is 7.21. The first kappa shape index (κ1) is 22.7. The van der Waals surface area contributed by atoms with Crippen LogP contribution in [0.3, 0.4) is 0 Å². The first-order valence-corrected chi connectivity index (χ1v) is 11.6. The molecule has 1 fully saturated rings. The molecular weight excluding hydrogens is 458 g/mol. The van der Waals surface area contributed by atoms with Crippen LogP contribution < -0.4 is 4.90 Å². The Hall–Kier alpha value is -3.09. The molecule has 34 heavy (non-hydrogen) atoms. The molecule has 1 amide bonds. The minimum Gasteiger partial charge on any atom is -0.307 e. The number of halogens is 3. The van der Waals surface area contributed by atoms with Gasteiger partial charge in [-0.3, -0.25) is 14.5 Å². The van der Waals surface area contributed by atoms with Crippen molar-refractivity contribution in [2.24, 2.45) is 0 Å². The van der Waals surface area contributed by atoms with Crippen LogP contribution in [-0.2, 0) is 5.41 Å². The number of hydrogen-bond acceptors (Lipinski definition) is 3. The maximum Gasteiger partial charge on any atom is 0.264 e. The van der Waals surface area contributed by atoms with Crippen molar-refractivity contribution >= 4 is 29.0 Å². The summed E-state index contributed by atoms with van der Waals surface area (Å²) in [5.74, 6) is -2.39. The Morgan fingerprint density at radius 3 is 2.26 bits per heavy atom. The summed E-state index contributed by atoms with van der Waals surface area (Å²) in [4.78, 5) is 29.5. The number of benzene rings is 3.